The fourth-order valence-corrected chi connectivity index (χ4v) is 3.36. The molecule has 0 radical (unpaired) electrons. The summed E-state index contributed by atoms with van der Waals surface area (Å²) in [6.07, 6.45) is 1.86. The van der Waals surface area contributed by atoms with Crippen LogP contribution < -0.4 is 0 Å². The van der Waals surface area contributed by atoms with E-state index in [9.17, 15) is 5.11 Å². The van der Waals surface area contributed by atoms with E-state index >= 15 is 0 Å². The molecule has 1 N–H and O–H groups in total. The van der Waals surface area contributed by atoms with Gasteiger partial charge in [0.25, 0.3) is 0 Å². The Bertz CT molecular complexity index is 390. The Balaban J connectivity index is 2.89. The molecule has 0 amide bonds. The lowest BCUT2D eigenvalue weighted by molar-refractivity contribution is 0.191. The third-order valence-electron chi connectivity index (χ3n) is 2.46. The molecule has 2 nitrogen and oxygen atoms in total. The number of halogens is 2. The average Bonchev–Trinajstić information content (AvgIpc) is 2.14. The highest BCUT2D eigenvalue weighted by Crippen LogP contribution is 2.22. The first-order valence-electron chi connectivity index (χ1n) is 5.43. The molecular formula is C13H17I2NO. The summed E-state index contributed by atoms with van der Waals surface area (Å²) in [5, 5.41) is 9.33. The van der Waals surface area contributed by atoms with Gasteiger partial charge < -0.3 is 5.11 Å². The third-order valence-corrected chi connectivity index (χ3v) is 3.71. The summed E-state index contributed by atoms with van der Waals surface area (Å²) < 4.78 is 2.40. The molecule has 0 fully saturated rings. The van der Waals surface area contributed by atoms with Gasteiger partial charge in [-0.2, -0.15) is 0 Å². The van der Waals surface area contributed by atoms with Crippen LogP contribution in [-0.2, 0) is 0 Å². The van der Waals surface area contributed by atoms with Crippen molar-refractivity contribution in [3.8, 4) is 0 Å². The summed E-state index contributed by atoms with van der Waals surface area (Å²) in [7, 11) is 0. The van der Waals surface area contributed by atoms with Crippen molar-refractivity contribution in [1.82, 2.24) is 0 Å². The van der Waals surface area contributed by atoms with Crippen LogP contribution in [0.5, 0.6) is 0 Å². The van der Waals surface area contributed by atoms with Crippen LogP contribution in [0, 0.1) is 12.6 Å². The summed E-state index contributed by atoms with van der Waals surface area (Å²) in [6, 6.07) is 6.23. The Morgan fingerprint density at radius 1 is 1.24 bits per heavy atom. The van der Waals surface area contributed by atoms with Crippen LogP contribution in [0.4, 0.5) is 0 Å². The molecular weight excluding hydrogens is 440 g/mol. The maximum atomic E-state index is 9.33. The van der Waals surface area contributed by atoms with Crippen molar-refractivity contribution in [1.29, 1.82) is 0 Å². The van der Waals surface area contributed by atoms with E-state index in [1.165, 1.54) is 7.14 Å². The summed E-state index contributed by atoms with van der Waals surface area (Å²) in [5.41, 5.74) is 1.07. The first-order valence-corrected chi connectivity index (χ1v) is 7.59. The number of rotatable bonds is 3. The molecule has 1 rings (SSSR count). The van der Waals surface area contributed by atoms with E-state index in [0.717, 1.165) is 5.56 Å². The number of benzene rings is 1. The molecule has 0 aliphatic carbocycles. The maximum Gasteiger partial charge on any atom is 0.0778 e. The molecule has 0 saturated heterocycles. The largest absolute Gasteiger partial charge is 0.394 e. The number of nitrogens with zero attached hydrogens (tertiary/aromatic N) is 1. The minimum atomic E-state index is -0.0574. The van der Waals surface area contributed by atoms with Crippen LogP contribution in [0.15, 0.2) is 23.2 Å². The van der Waals surface area contributed by atoms with Gasteiger partial charge in [0.1, 0.15) is 0 Å². The molecule has 0 saturated carbocycles. The van der Waals surface area contributed by atoms with Crippen LogP contribution >= 0.6 is 45.2 Å². The summed E-state index contributed by atoms with van der Waals surface area (Å²) in [6.45, 7) is 6.35. The number of hydrogen-bond donors (Lipinski definition) is 1. The van der Waals surface area contributed by atoms with E-state index in [0.29, 0.717) is 0 Å². The van der Waals surface area contributed by atoms with Crippen molar-refractivity contribution in [2.45, 2.75) is 26.8 Å². The quantitative estimate of drug-likeness (QED) is 0.545. The number of aliphatic hydroxyl groups is 1. The van der Waals surface area contributed by atoms with Gasteiger partial charge in [-0.25, -0.2) is 0 Å². The molecule has 0 aliphatic rings. The van der Waals surface area contributed by atoms with Gasteiger partial charge in [0, 0.05) is 13.4 Å². The van der Waals surface area contributed by atoms with E-state index in [-0.39, 0.29) is 18.1 Å². The highest BCUT2D eigenvalue weighted by atomic mass is 127. The molecule has 1 aromatic carbocycles. The Morgan fingerprint density at radius 2 is 1.76 bits per heavy atom. The molecule has 94 valence electrons. The molecule has 0 aromatic heterocycles. The number of aliphatic hydroxyl groups excluding tert-OH is 1. The smallest absolute Gasteiger partial charge is 0.0778 e. The number of aliphatic imine (C=N–C) groups is 1. The zero-order valence-corrected chi connectivity index (χ0v) is 14.6. The summed E-state index contributed by atoms with van der Waals surface area (Å²) in [4.78, 5) is 4.48. The maximum absolute atomic E-state index is 9.33. The van der Waals surface area contributed by atoms with Crippen LogP contribution in [-0.4, -0.2) is 24.0 Å². The molecule has 1 aromatic rings. The van der Waals surface area contributed by atoms with Gasteiger partial charge in [0.05, 0.1) is 12.6 Å². The van der Waals surface area contributed by atoms with Crippen LogP contribution in [0.2, 0.25) is 0 Å². The van der Waals surface area contributed by atoms with E-state index in [4.69, 9.17) is 0 Å². The van der Waals surface area contributed by atoms with Crippen LogP contribution in [0.1, 0.15) is 26.3 Å². The Morgan fingerprint density at radius 3 is 2.18 bits per heavy atom. The lowest BCUT2D eigenvalue weighted by atomic mass is 9.88. The predicted molar refractivity (Wildman–Crippen MR) is 89.8 cm³/mol. The fraction of sp³-hybridized carbons (Fsp3) is 0.462. The van der Waals surface area contributed by atoms with Gasteiger partial charge in [-0.15, -0.1) is 0 Å². The lowest BCUT2D eigenvalue weighted by Gasteiger charge is -2.25. The molecule has 1 atom stereocenters. The highest BCUT2D eigenvalue weighted by molar-refractivity contribution is 14.1. The van der Waals surface area contributed by atoms with E-state index in [1.807, 2.05) is 6.21 Å². The minimum absolute atomic E-state index is 0.0136. The Labute approximate surface area is 130 Å². The molecule has 0 bridgehead atoms. The van der Waals surface area contributed by atoms with Gasteiger partial charge in [-0.05, 0) is 74.4 Å². The van der Waals surface area contributed by atoms with Gasteiger partial charge in [0.15, 0.2) is 0 Å². The van der Waals surface area contributed by atoms with E-state index < -0.39 is 0 Å². The molecule has 0 aliphatic heterocycles. The lowest BCUT2D eigenvalue weighted by Crippen LogP contribution is -2.28. The first kappa shape index (κ1) is 15.4. The van der Waals surface area contributed by atoms with Crippen molar-refractivity contribution >= 4 is 51.4 Å². The predicted octanol–water partition coefficient (Wildman–Crippen LogP) is 3.72. The van der Waals surface area contributed by atoms with Gasteiger partial charge in [-0.3, -0.25) is 4.99 Å². The first-order chi connectivity index (χ1) is 7.82. The van der Waals surface area contributed by atoms with Crippen molar-refractivity contribution in [3.63, 3.8) is 0 Å². The van der Waals surface area contributed by atoms with Crippen molar-refractivity contribution in [2.75, 3.05) is 6.61 Å². The molecule has 0 heterocycles. The second-order valence-corrected chi connectivity index (χ2v) is 7.54. The fourth-order valence-electron chi connectivity index (χ4n) is 1.37. The molecule has 17 heavy (non-hydrogen) atoms. The van der Waals surface area contributed by atoms with Crippen molar-refractivity contribution < 1.29 is 5.11 Å². The van der Waals surface area contributed by atoms with Crippen molar-refractivity contribution in [2.24, 2.45) is 10.4 Å². The third kappa shape index (κ3) is 5.21. The van der Waals surface area contributed by atoms with Crippen LogP contribution in [0.3, 0.4) is 0 Å². The zero-order chi connectivity index (χ0) is 13.1. The minimum Gasteiger partial charge on any atom is -0.394 e. The second kappa shape index (κ2) is 6.47. The average molecular weight is 457 g/mol. The molecule has 0 spiro atoms. The van der Waals surface area contributed by atoms with E-state index in [2.05, 4.69) is 89.1 Å². The van der Waals surface area contributed by atoms with Crippen LogP contribution in [0.25, 0.3) is 0 Å². The normalized spacial score (nSPS) is 14.2. The topological polar surface area (TPSA) is 32.6 Å². The number of hydrogen-bond acceptors (Lipinski definition) is 2. The Hall–Kier alpha value is 0.310. The summed E-state index contributed by atoms with van der Waals surface area (Å²) >= 11 is 4.60. The second-order valence-electron chi connectivity index (χ2n) is 5.05. The van der Waals surface area contributed by atoms with Gasteiger partial charge in [-0.1, -0.05) is 20.8 Å². The SMILES string of the molecule is CC(C)(C)[C@@H](CO)/N=C/c1cc(I)cc(I)c1. The standard InChI is InChI=1S/C13H17I2NO/c1-13(2,3)12(8-17)16-7-9-4-10(14)6-11(15)5-9/h4-7,12,17H,8H2,1-3H3/b16-7+/t12-/m1/s1. The monoisotopic (exact) mass is 457 g/mol. The molecule has 0 unspecified atom stereocenters. The van der Waals surface area contributed by atoms with Crippen molar-refractivity contribution in [3.05, 3.63) is 30.9 Å². The highest BCUT2D eigenvalue weighted by Gasteiger charge is 2.22. The van der Waals surface area contributed by atoms with E-state index in [1.54, 1.807) is 0 Å². The Kier molecular flexibility index (Phi) is 5.85. The van der Waals surface area contributed by atoms with Gasteiger partial charge >= 0.3 is 0 Å². The molecule has 4 heteroatoms. The zero-order valence-electron chi connectivity index (χ0n) is 10.2. The summed E-state index contributed by atoms with van der Waals surface area (Å²) in [5.74, 6) is 0. The van der Waals surface area contributed by atoms with Gasteiger partial charge in [0.2, 0.25) is 0 Å².